The molecular weight excluding hydrogens is 252 g/mol. The Morgan fingerprint density at radius 3 is 2.50 bits per heavy atom. The molecule has 0 aliphatic heterocycles. The fourth-order valence-corrected chi connectivity index (χ4v) is 3.24. The molecule has 5 nitrogen and oxygen atoms in total. The molecule has 0 bridgehead atoms. The summed E-state index contributed by atoms with van der Waals surface area (Å²) in [6, 6.07) is 0. The topological polar surface area (TPSA) is 51.0 Å². The molecule has 0 unspecified atom stereocenters. The molecule has 0 spiro atoms. The maximum Gasteiger partial charge on any atom is 0.202 e. The Labute approximate surface area is 121 Å². The molecule has 20 heavy (non-hydrogen) atoms. The monoisotopic (exact) mass is 278 g/mol. The summed E-state index contributed by atoms with van der Waals surface area (Å²) in [5, 5.41) is 8.01. The number of likely N-dealkylation sites (N-methyl/N-ethyl adjacent to an activating group) is 1. The Hall–Kier alpha value is -1.23. The summed E-state index contributed by atoms with van der Waals surface area (Å²) < 4.78 is 1.76. The molecule has 2 rings (SSSR count). The van der Waals surface area contributed by atoms with Gasteiger partial charge in [-0.05, 0) is 33.4 Å². The molecule has 1 aliphatic rings. The molecule has 1 aromatic rings. The summed E-state index contributed by atoms with van der Waals surface area (Å²) in [5.41, 5.74) is 0.298. The van der Waals surface area contributed by atoms with Crippen LogP contribution in [0.15, 0.2) is 6.20 Å². The Bertz CT molecular complexity index is 444. The van der Waals surface area contributed by atoms with Crippen molar-refractivity contribution in [3.05, 3.63) is 11.9 Å². The van der Waals surface area contributed by atoms with Gasteiger partial charge in [0.05, 0.1) is 11.7 Å². The SMILES string of the molecule is CCCn1nncc1C(=O)C1(N(C)C)CCCCCC1. The third-order valence-corrected chi connectivity index (χ3v) is 4.50. The maximum absolute atomic E-state index is 13.1. The summed E-state index contributed by atoms with van der Waals surface area (Å²) in [5.74, 6) is 0.197. The van der Waals surface area contributed by atoms with Crippen LogP contribution in [0.25, 0.3) is 0 Å². The Morgan fingerprint density at radius 2 is 1.95 bits per heavy atom. The summed E-state index contributed by atoms with van der Waals surface area (Å²) in [6.45, 7) is 2.84. The number of hydrogen-bond donors (Lipinski definition) is 0. The number of carbonyl (C=O) groups excluding carboxylic acids is 1. The number of rotatable bonds is 5. The first kappa shape index (κ1) is 15.2. The van der Waals surface area contributed by atoms with E-state index in [-0.39, 0.29) is 11.3 Å². The van der Waals surface area contributed by atoms with Crippen molar-refractivity contribution in [1.82, 2.24) is 19.9 Å². The van der Waals surface area contributed by atoms with Crippen molar-refractivity contribution in [2.45, 2.75) is 64.0 Å². The van der Waals surface area contributed by atoms with E-state index in [1.807, 2.05) is 14.1 Å². The molecule has 1 aromatic heterocycles. The van der Waals surface area contributed by atoms with Gasteiger partial charge in [0.1, 0.15) is 5.69 Å². The smallest absolute Gasteiger partial charge is 0.202 e. The number of carbonyl (C=O) groups is 1. The van der Waals surface area contributed by atoms with Crippen LogP contribution in [0.2, 0.25) is 0 Å². The first-order valence-corrected chi connectivity index (χ1v) is 7.72. The van der Waals surface area contributed by atoms with Crippen LogP contribution in [0, 0.1) is 0 Å². The lowest BCUT2D eigenvalue weighted by Crippen LogP contribution is -2.51. The zero-order valence-electron chi connectivity index (χ0n) is 12.9. The molecule has 112 valence electrons. The van der Waals surface area contributed by atoms with Crippen molar-refractivity contribution in [3.63, 3.8) is 0 Å². The fourth-order valence-electron chi connectivity index (χ4n) is 3.24. The van der Waals surface area contributed by atoms with Gasteiger partial charge >= 0.3 is 0 Å². The predicted octanol–water partition coefficient (Wildman–Crippen LogP) is 2.53. The highest BCUT2D eigenvalue weighted by Gasteiger charge is 2.42. The highest BCUT2D eigenvalue weighted by Crippen LogP contribution is 2.34. The van der Waals surface area contributed by atoms with Gasteiger partial charge < -0.3 is 0 Å². The maximum atomic E-state index is 13.1. The molecule has 1 aliphatic carbocycles. The number of Topliss-reactive ketones (excluding diaryl/α,β-unsaturated/α-hetero) is 1. The molecule has 1 fully saturated rings. The number of ketones is 1. The van der Waals surface area contributed by atoms with Crippen LogP contribution < -0.4 is 0 Å². The molecule has 0 radical (unpaired) electrons. The summed E-state index contributed by atoms with van der Waals surface area (Å²) in [4.78, 5) is 15.2. The first-order chi connectivity index (χ1) is 9.62. The lowest BCUT2D eigenvalue weighted by Gasteiger charge is -2.37. The van der Waals surface area contributed by atoms with Crippen LogP contribution in [0.1, 0.15) is 62.4 Å². The Morgan fingerprint density at radius 1 is 1.30 bits per heavy atom. The molecule has 0 aromatic carbocycles. The minimum absolute atomic E-state index is 0.197. The van der Waals surface area contributed by atoms with Gasteiger partial charge in [-0.2, -0.15) is 0 Å². The highest BCUT2D eigenvalue weighted by atomic mass is 16.1. The van der Waals surface area contributed by atoms with Crippen molar-refractivity contribution in [3.8, 4) is 0 Å². The van der Waals surface area contributed by atoms with Gasteiger partial charge in [0.2, 0.25) is 5.78 Å². The molecule has 0 amide bonds. The summed E-state index contributed by atoms with van der Waals surface area (Å²) in [6.07, 6.45) is 9.18. The second kappa shape index (κ2) is 6.48. The third-order valence-electron chi connectivity index (χ3n) is 4.50. The van der Waals surface area contributed by atoms with Crippen LogP contribution in [0.4, 0.5) is 0 Å². The molecule has 5 heteroatoms. The van der Waals surface area contributed by atoms with Gasteiger partial charge in [-0.3, -0.25) is 9.69 Å². The van der Waals surface area contributed by atoms with E-state index < -0.39 is 0 Å². The second-order valence-electron chi connectivity index (χ2n) is 6.01. The van der Waals surface area contributed by atoms with E-state index in [0.29, 0.717) is 5.69 Å². The molecular formula is C15H26N4O. The standard InChI is InChI=1S/C15H26N4O/c1-4-11-19-13(12-16-17-19)14(20)15(18(2)3)9-7-5-6-8-10-15/h12H,4-11H2,1-3H3. The van der Waals surface area contributed by atoms with Gasteiger partial charge in [-0.1, -0.05) is 37.8 Å². The van der Waals surface area contributed by atoms with Gasteiger partial charge in [0, 0.05) is 6.54 Å². The van der Waals surface area contributed by atoms with Crippen LogP contribution in [-0.2, 0) is 6.54 Å². The number of nitrogens with zero attached hydrogens (tertiary/aromatic N) is 4. The predicted molar refractivity (Wildman–Crippen MR) is 78.8 cm³/mol. The molecule has 0 saturated heterocycles. The number of hydrogen-bond acceptors (Lipinski definition) is 4. The van der Waals surface area contributed by atoms with Crippen LogP contribution in [0.3, 0.4) is 0 Å². The molecule has 0 atom stereocenters. The van der Waals surface area contributed by atoms with E-state index >= 15 is 0 Å². The van der Waals surface area contributed by atoms with E-state index in [2.05, 4.69) is 22.1 Å². The van der Waals surface area contributed by atoms with Crippen LogP contribution in [-0.4, -0.2) is 45.3 Å². The van der Waals surface area contributed by atoms with Crippen molar-refractivity contribution in [1.29, 1.82) is 0 Å². The van der Waals surface area contributed by atoms with Crippen molar-refractivity contribution < 1.29 is 4.79 Å². The van der Waals surface area contributed by atoms with Crippen LogP contribution >= 0.6 is 0 Å². The Balaban J connectivity index is 2.33. The van der Waals surface area contributed by atoms with Gasteiger partial charge in [0.25, 0.3) is 0 Å². The highest BCUT2D eigenvalue weighted by molar-refractivity contribution is 6.01. The summed E-state index contributed by atoms with van der Waals surface area (Å²) in [7, 11) is 4.05. The van der Waals surface area contributed by atoms with E-state index in [1.54, 1.807) is 10.9 Å². The normalized spacial score (nSPS) is 19.0. The fraction of sp³-hybridized carbons (Fsp3) is 0.800. The lowest BCUT2D eigenvalue weighted by atomic mass is 9.83. The second-order valence-corrected chi connectivity index (χ2v) is 6.01. The summed E-state index contributed by atoms with van der Waals surface area (Å²) >= 11 is 0. The lowest BCUT2D eigenvalue weighted by molar-refractivity contribution is 0.0623. The molecule has 1 heterocycles. The van der Waals surface area contributed by atoms with Gasteiger partial charge in [0.15, 0.2) is 0 Å². The average Bonchev–Trinajstić information content (AvgIpc) is 2.73. The Kier molecular flexibility index (Phi) is 4.91. The van der Waals surface area contributed by atoms with E-state index in [1.165, 1.54) is 12.8 Å². The quantitative estimate of drug-likeness (QED) is 0.613. The van der Waals surface area contributed by atoms with E-state index in [0.717, 1.165) is 38.6 Å². The van der Waals surface area contributed by atoms with Gasteiger partial charge in [-0.25, -0.2) is 4.68 Å². The van der Waals surface area contributed by atoms with Crippen molar-refractivity contribution >= 4 is 5.78 Å². The average molecular weight is 278 g/mol. The minimum Gasteiger partial charge on any atom is -0.297 e. The van der Waals surface area contributed by atoms with E-state index in [4.69, 9.17) is 0 Å². The zero-order valence-corrected chi connectivity index (χ0v) is 12.9. The van der Waals surface area contributed by atoms with E-state index in [9.17, 15) is 4.79 Å². The van der Waals surface area contributed by atoms with Gasteiger partial charge in [-0.15, -0.1) is 5.10 Å². The zero-order chi connectivity index (χ0) is 14.6. The third kappa shape index (κ3) is 2.77. The number of aromatic nitrogens is 3. The minimum atomic E-state index is -0.371. The van der Waals surface area contributed by atoms with Crippen LogP contribution in [0.5, 0.6) is 0 Å². The molecule has 0 N–H and O–H groups in total. The van der Waals surface area contributed by atoms with Crippen molar-refractivity contribution in [2.75, 3.05) is 14.1 Å². The van der Waals surface area contributed by atoms with Crippen molar-refractivity contribution in [2.24, 2.45) is 0 Å². The number of aryl methyl sites for hydroxylation is 1. The molecule has 1 saturated carbocycles. The first-order valence-electron chi connectivity index (χ1n) is 7.72. The largest absolute Gasteiger partial charge is 0.297 e.